The molecule has 0 aliphatic heterocycles. The Balaban J connectivity index is 3.02. The van der Waals surface area contributed by atoms with Gasteiger partial charge in [-0.25, -0.2) is 0 Å². The Hall–Kier alpha value is 0.215. The van der Waals surface area contributed by atoms with Crippen molar-refractivity contribution >= 4 is 27.9 Å². The highest BCUT2D eigenvalue weighted by atomic mass is 79.9. The second kappa shape index (κ2) is 5.03. The monoisotopic (exact) mass is 273 g/mol. The fourth-order valence-corrected chi connectivity index (χ4v) is 4.95. The van der Waals surface area contributed by atoms with E-state index in [9.17, 15) is 4.79 Å². The van der Waals surface area contributed by atoms with E-state index in [1.165, 1.54) is 6.42 Å². The first-order chi connectivity index (χ1) is 7.06. The number of rotatable bonds is 4. The molecule has 0 aromatic rings. The predicted octanol–water partition coefficient (Wildman–Crippen LogP) is 4.31. The first-order valence-electron chi connectivity index (χ1n) is 6.48. The maximum Gasteiger partial charge on any atom is 0.114 e. The van der Waals surface area contributed by atoms with Crippen LogP contribution in [0.4, 0.5) is 0 Å². The van der Waals surface area contributed by atoms with Crippen LogP contribution < -0.4 is 0 Å². The van der Waals surface area contributed by atoms with Gasteiger partial charge in [0.2, 0.25) is 0 Å². The Kier molecular flexibility index (Phi) is 4.45. The Labute approximate surface area is 102 Å². The Morgan fingerprint density at radius 1 is 1.20 bits per heavy atom. The second-order valence-corrected chi connectivity index (χ2v) is 6.61. The van der Waals surface area contributed by atoms with Crippen LogP contribution in [0.2, 0.25) is 19.0 Å². The van der Waals surface area contributed by atoms with Gasteiger partial charge in [0.05, 0.1) is 0 Å². The van der Waals surface area contributed by atoms with Gasteiger partial charge in [-0.15, -0.1) is 15.9 Å². The number of carbonyl (C=O) groups excluding carboxylic acids is 1. The molecule has 1 rings (SSSR count). The number of ketones is 1. The van der Waals surface area contributed by atoms with E-state index in [1.807, 2.05) is 0 Å². The molecule has 0 aromatic heterocycles. The molecule has 15 heavy (non-hydrogen) atoms. The molecule has 1 nitrogen and oxygen atoms in total. The summed E-state index contributed by atoms with van der Waals surface area (Å²) >= 11 is 3.84. The Bertz CT molecular complexity index is 230. The summed E-state index contributed by atoms with van der Waals surface area (Å²) in [5, 5.41) is 0. The van der Waals surface area contributed by atoms with E-state index in [2.05, 4.69) is 36.7 Å². The maximum absolute atomic E-state index is 12.2. The largest absolute Gasteiger partial charge is 0.302 e. The molecule has 3 heteroatoms. The van der Waals surface area contributed by atoms with Crippen LogP contribution in [0.3, 0.4) is 0 Å². The van der Waals surface area contributed by atoms with Crippen molar-refractivity contribution in [3.05, 3.63) is 0 Å². The van der Waals surface area contributed by atoms with Crippen molar-refractivity contribution in [1.82, 2.24) is 0 Å². The third-order valence-corrected chi connectivity index (χ3v) is 6.78. The zero-order chi connectivity index (χ0) is 11.5. The van der Waals surface area contributed by atoms with Crippen LogP contribution in [-0.4, -0.2) is 16.2 Å². The van der Waals surface area contributed by atoms with Crippen molar-refractivity contribution in [2.75, 3.05) is 0 Å². The van der Waals surface area contributed by atoms with E-state index in [0.29, 0.717) is 5.78 Å². The molecule has 1 atom stereocenters. The van der Waals surface area contributed by atoms with Crippen molar-refractivity contribution in [2.45, 2.75) is 69.6 Å². The van der Waals surface area contributed by atoms with E-state index in [4.69, 9.17) is 0 Å². The number of hydrogen-bond acceptors (Lipinski definition) is 1. The number of carbonyl (C=O) groups is 1. The third-order valence-electron chi connectivity index (χ3n) is 4.97. The number of alkyl halides is 1. The minimum Gasteiger partial charge on any atom is -0.302 e. The highest BCUT2D eigenvalue weighted by Gasteiger charge is 2.45. The van der Waals surface area contributed by atoms with E-state index in [0.717, 1.165) is 38.2 Å². The molecule has 1 aliphatic rings. The van der Waals surface area contributed by atoms with Crippen molar-refractivity contribution in [1.29, 1.82) is 0 Å². The van der Waals surface area contributed by atoms with E-state index < -0.39 is 6.15 Å². The molecular formula is C12H23BBrO-. The van der Waals surface area contributed by atoms with Gasteiger partial charge in [0.15, 0.2) is 0 Å². The fraction of sp³-hybridized carbons (Fsp3) is 0.917. The van der Waals surface area contributed by atoms with Gasteiger partial charge in [-0.3, -0.25) is 0 Å². The zero-order valence-corrected chi connectivity index (χ0v) is 11.9. The van der Waals surface area contributed by atoms with Gasteiger partial charge < -0.3 is 4.79 Å². The summed E-state index contributed by atoms with van der Waals surface area (Å²) in [5.74, 6) is 0.472. The summed E-state index contributed by atoms with van der Waals surface area (Å²) < 4.78 is -0.163. The van der Waals surface area contributed by atoms with E-state index in [-0.39, 0.29) is 4.22 Å². The van der Waals surface area contributed by atoms with Crippen LogP contribution in [0, 0.1) is 0 Å². The molecular weight excluding hydrogens is 251 g/mol. The molecule has 0 amide bonds. The van der Waals surface area contributed by atoms with E-state index >= 15 is 0 Å². The van der Waals surface area contributed by atoms with Crippen LogP contribution in [0.15, 0.2) is 0 Å². The first-order valence-corrected chi connectivity index (χ1v) is 7.28. The molecule has 1 unspecified atom stereocenters. The first kappa shape index (κ1) is 13.3. The SMILES string of the molecule is CC[B-](CC)(CC)C1(Br)CCCCC1=O. The van der Waals surface area contributed by atoms with Gasteiger partial charge >= 0.3 is 0 Å². The lowest BCUT2D eigenvalue weighted by molar-refractivity contribution is -0.120. The minimum atomic E-state index is -0.552. The summed E-state index contributed by atoms with van der Waals surface area (Å²) in [6.45, 7) is 6.74. The van der Waals surface area contributed by atoms with Gasteiger partial charge in [-0.05, 0) is 10.6 Å². The average Bonchev–Trinajstić information content (AvgIpc) is 2.26. The van der Waals surface area contributed by atoms with Crippen molar-refractivity contribution in [2.24, 2.45) is 0 Å². The standard InChI is InChI=1S/C12H23BBrO/c1-4-13(5-2,6-3)12(14)10-8-7-9-11(12)15/h4-10H2,1-3H3/q-1. The van der Waals surface area contributed by atoms with Crippen LogP contribution >= 0.6 is 15.9 Å². The van der Waals surface area contributed by atoms with Crippen LogP contribution in [0.25, 0.3) is 0 Å². The predicted molar refractivity (Wildman–Crippen MR) is 72.3 cm³/mol. The smallest absolute Gasteiger partial charge is 0.114 e. The molecule has 0 aromatic carbocycles. The van der Waals surface area contributed by atoms with Gasteiger partial charge in [-0.2, -0.15) is 19.0 Å². The zero-order valence-electron chi connectivity index (χ0n) is 10.3. The van der Waals surface area contributed by atoms with Gasteiger partial charge in [0.1, 0.15) is 5.78 Å². The topological polar surface area (TPSA) is 17.1 Å². The van der Waals surface area contributed by atoms with E-state index in [1.54, 1.807) is 0 Å². The number of Topliss-reactive ketones (excluding diaryl/α,β-unsaturated/α-hetero) is 1. The molecule has 1 saturated carbocycles. The summed E-state index contributed by atoms with van der Waals surface area (Å²) in [6.07, 6.45) is 7.06. The molecule has 0 saturated heterocycles. The van der Waals surface area contributed by atoms with Crippen LogP contribution in [0.5, 0.6) is 0 Å². The molecule has 0 radical (unpaired) electrons. The van der Waals surface area contributed by atoms with Crippen molar-refractivity contribution in [3.63, 3.8) is 0 Å². The van der Waals surface area contributed by atoms with Crippen molar-refractivity contribution in [3.8, 4) is 0 Å². The highest BCUT2D eigenvalue weighted by Crippen LogP contribution is 2.46. The van der Waals surface area contributed by atoms with Crippen LogP contribution in [0.1, 0.15) is 46.5 Å². The molecule has 0 spiro atoms. The lowest BCUT2D eigenvalue weighted by Crippen LogP contribution is -2.59. The summed E-state index contributed by atoms with van der Waals surface area (Å²) in [7, 11) is 0. The lowest BCUT2D eigenvalue weighted by atomic mass is 9.13. The van der Waals surface area contributed by atoms with Gasteiger partial charge in [-0.1, -0.05) is 33.6 Å². The maximum atomic E-state index is 12.2. The number of halogens is 1. The minimum absolute atomic E-state index is 0.163. The van der Waals surface area contributed by atoms with Gasteiger partial charge in [0.25, 0.3) is 0 Å². The van der Waals surface area contributed by atoms with Gasteiger partial charge in [0, 0.05) is 12.6 Å². The average molecular weight is 274 g/mol. The third kappa shape index (κ3) is 2.04. The summed E-state index contributed by atoms with van der Waals surface area (Å²) in [4.78, 5) is 12.2. The molecule has 0 heterocycles. The van der Waals surface area contributed by atoms with Crippen LogP contribution in [-0.2, 0) is 4.79 Å². The summed E-state index contributed by atoms with van der Waals surface area (Å²) in [5.41, 5.74) is 0. The Morgan fingerprint density at radius 2 is 1.73 bits per heavy atom. The second-order valence-electron chi connectivity index (χ2n) is 5.20. The Morgan fingerprint density at radius 3 is 2.13 bits per heavy atom. The molecule has 88 valence electrons. The quantitative estimate of drug-likeness (QED) is 0.551. The summed E-state index contributed by atoms with van der Waals surface area (Å²) in [6, 6.07) is 0. The number of hydrogen-bond donors (Lipinski definition) is 0. The molecule has 1 aliphatic carbocycles. The normalized spacial score (nSPS) is 28.1. The van der Waals surface area contributed by atoms with Crippen molar-refractivity contribution < 1.29 is 4.79 Å². The lowest BCUT2D eigenvalue weighted by Gasteiger charge is -2.53. The fourth-order valence-electron chi connectivity index (χ4n) is 3.50. The molecule has 1 fully saturated rings. The highest BCUT2D eigenvalue weighted by molar-refractivity contribution is 9.11. The molecule has 0 bridgehead atoms. The molecule has 0 N–H and O–H groups in total.